The predicted molar refractivity (Wildman–Crippen MR) is 94.1 cm³/mol. The fourth-order valence-electron chi connectivity index (χ4n) is 1.91. The first-order valence-electron chi connectivity index (χ1n) is 7.33. The number of hydrogen-bond donors (Lipinski definition) is 2. The molecular weight excluding hydrogens is 342 g/mol. The lowest BCUT2D eigenvalue weighted by Gasteiger charge is -2.13. The Morgan fingerprint density at radius 2 is 1.95 bits per heavy atom. The molecule has 4 nitrogen and oxygen atoms in total. The molecule has 0 saturated carbocycles. The van der Waals surface area contributed by atoms with Crippen molar-refractivity contribution in [1.29, 1.82) is 0 Å². The molecule has 0 spiro atoms. The SMILES string of the molecule is CCC(C)Nc1ccc(NC(=O)Cc2ccc(Br)cc2)nc1. The van der Waals surface area contributed by atoms with Crippen LogP contribution in [0.25, 0.3) is 0 Å². The first-order chi connectivity index (χ1) is 10.6. The average Bonchev–Trinajstić information content (AvgIpc) is 2.51. The average molecular weight is 362 g/mol. The molecule has 22 heavy (non-hydrogen) atoms. The van der Waals surface area contributed by atoms with Crippen molar-refractivity contribution in [3.05, 3.63) is 52.6 Å². The minimum Gasteiger partial charge on any atom is -0.381 e. The number of carbonyl (C=O) groups is 1. The molecule has 5 heteroatoms. The molecule has 0 radical (unpaired) electrons. The van der Waals surface area contributed by atoms with Gasteiger partial charge in [0.25, 0.3) is 0 Å². The number of amides is 1. The van der Waals surface area contributed by atoms with Crippen LogP contribution in [-0.4, -0.2) is 16.9 Å². The molecular formula is C17H20BrN3O. The van der Waals surface area contributed by atoms with Gasteiger partial charge in [0.15, 0.2) is 0 Å². The van der Waals surface area contributed by atoms with Crippen molar-refractivity contribution in [3.63, 3.8) is 0 Å². The van der Waals surface area contributed by atoms with Gasteiger partial charge in [0, 0.05) is 10.5 Å². The van der Waals surface area contributed by atoms with Crippen molar-refractivity contribution >= 4 is 33.3 Å². The van der Waals surface area contributed by atoms with Gasteiger partial charge in [-0.3, -0.25) is 4.79 Å². The lowest BCUT2D eigenvalue weighted by molar-refractivity contribution is -0.115. The Labute approximate surface area is 139 Å². The molecule has 2 rings (SSSR count). The molecule has 116 valence electrons. The lowest BCUT2D eigenvalue weighted by Crippen LogP contribution is -2.16. The molecule has 0 saturated heterocycles. The summed E-state index contributed by atoms with van der Waals surface area (Å²) >= 11 is 3.38. The summed E-state index contributed by atoms with van der Waals surface area (Å²) in [4.78, 5) is 16.3. The van der Waals surface area contributed by atoms with Crippen LogP contribution >= 0.6 is 15.9 Å². The van der Waals surface area contributed by atoms with E-state index < -0.39 is 0 Å². The maximum atomic E-state index is 12.0. The number of pyridine rings is 1. The fourth-order valence-corrected chi connectivity index (χ4v) is 2.18. The molecule has 0 bridgehead atoms. The first kappa shape index (κ1) is 16.5. The third kappa shape index (κ3) is 5.15. The van der Waals surface area contributed by atoms with Gasteiger partial charge in [-0.05, 0) is 43.2 Å². The monoisotopic (exact) mass is 361 g/mol. The highest BCUT2D eigenvalue weighted by Gasteiger charge is 2.05. The van der Waals surface area contributed by atoms with Crippen LogP contribution in [-0.2, 0) is 11.2 Å². The highest BCUT2D eigenvalue weighted by molar-refractivity contribution is 9.10. The molecule has 0 aliphatic heterocycles. The number of carbonyl (C=O) groups excluding carboxylic acids is 1. The van der Waals surface area contributed by atoms with Crippen molar-refractivity contribution in [2.75, 3.05) is 10.6 Å². The maximum absolute atomic E-state index is 12.0. The van der Waals surface area contributed by atoms with Crippen molar-refractivity contribution in [2.45, 2.75) is 32.7 Å². The van der Waals surface area contributed by atoms with Crippen LogP contribution in [0, 0.1) is 0 Å². The fraction of sp³-hybridized carbons (Fsp3) is 0.294. The maximum Gasteiger partial charge on any atom is 0.229 e. The number of nitrogens with zero attached hydrogens (tertiary/aromatic N) is 1. The van der Waals surface area contributed by atoms with E-state index in [-0.39, 0.29) is 5.91 Å². The summed E-state index contributed by atoms with van der Waals surface area (Å²) in [6.07, 6.45) is 3.12. The van der Waals surface area contributed by atoms with E-state index in [4.69, 9.17) is 0 Å². The predicted octanol–water partition coefficient (Wildman–Crippen LogP) is 4.24. The van der Waals surface area contributed by atoms with Crippen LogP contribution in [0.5, 0.6) is 0 Å². The normalized spacial score (nSPS) is 11.8. The summed E-state index contributed by atoms with van der Waals surface area (Å²) in [7, 11) is 0. The molecule has 1 unspecified atom stereocenters. The zero-order valence-electron chi connectivity index (χ0n) is 12.8. The number of hydrogen-bond acceptors (Lipinski definition) is 3. The quantitative estimate of drug-likeness (QED) is 0.808. The second-order valence-corrected chi connectivity index (χ2v) is 6.15. The van der Waals surface area contributed by atoms with E-state index in [2.05, 4.69) is 45.4 Å². The standard InChI is InChI=1S/C17H20BrN3O/c1-3-12(2)20-15-8-9-16(19-11-15)21-17(22)10-13-4-6-14(18)7-5-13/h4-9,11-12,20H,3,10H2,1-2H3,(H,19,21,22). The van der Waals surface area contributed by atoms with E-state index in [0.717, 1.165) is 22.1 Å². The molecule has 2 N–H and O–H groups in total. The van der Waals surface area contributed by atoms with Crippen molar-refractivity contribution in [1.82, 2.24) is 4.98 Å². The Kier molecular flexibility index (Phi) is 5.95. The van der Waals surface area contributed by atoms with Gasteiger partial charge in [-0.1, -0.05) is 35.0 Å². The van der Waals surface area contributed by atoms with Crippen LogP contribution in [0.3, 0.4) is 0 Å². The minimum atomic E-state index is -0.0718. The Bertz CT molecular complexity index is 611. The van der Waals surface area contributed by atoms with E-state index in [9.17, 15) is 4.79 Å². The third-order valence-electron chi connectivity index (χ3n) is 3.33. The minimum absolute atomic E-state index is 0.0718. The van der Waals surface area contributed by atoms with Gasteiger partial charge in [-0.25, -0.2) is 4.98 Å². The molecule has 1 amide bonds. The Hall–Kier alpha value is -1.88. The van der Waals surface area contributed by atoms with Crippen molar-refractivity contribution < 1.29 is 4.79 Å². The topological polar surface area (TPSA) is 54.0 Å². The summed E-state index contributed by atoms with van der Waals surface area (Å²) in [5, 5.41) is 6.15. The molecule has 0 aliphatic carbocycles. The molecule has 1 aromatic carbocycles. The summed E-state index contributed by atoms with van der Waals surface area (Å²) in [5.41, 5.74) is 1.93. The van der Waals surface area contributed by atoms with Gasteiger partial charge < -0.3 is 10.6 Å². The Morgan fingerprint density at radius 3 is 2.55 bits per heavy atom. The van der Waals surface area contributed by atoms with Gasteiger partial charge in [0.1, 0.15) is 5.82 Å². The summed E-state index contributed by atoms with van der Waals surface area (Å²) < 4.78 is 1.00. The van der Waals surface area contributed by atoms with Crippen molar-refractivity contribution in [2.24, 2.45) is 0 Å². The molecule has 1 heterocycles. The van der Waals surface area contributed by atoms with Gasteiger partial charge in [-0.15, -0.1) is 0 Å². The Morgan fingerprint density at radius 1 is 1.23 bits per heavy atom. The largest absolute Gasteiger partial charge is 0.381 e. The molecule has 2 aromatic rings. The zero-order chi connectivity index (χ0) is 15.9. The van der Waals surface area contributed by atoms with Crippen LogP contribution < -0.4 is 10.6 Å². The van der Waals surface area contributed by atoms with Gasteiger partial charge in [0.05, 0.1) is 18.3 Å². The summed E-state index contributed by atoms with van der Waals surface area (Å²) in [5.74, 6) is 0.495. The molecule has 0 fully saturated rings. The van der Waals surface area contributed by atoms with E-state index in [1.54, 1.807) is 6.20 Å². The van der Waals surface area contributed by atoms with Crippen molar-refractivity contribution in [3.8, 4) is 0 Å². The van der Waals surface area contributed by atoms with Crippen LogP contribution in [0.15, 0.2) is 47.1 Å². The number of nitrogens with one attached hydrogen (secondary N) is 2. The zero-order valence-corrected chi connectivity index (χ0v) is 14.4. The first-order valence-corrected chi connectivity index (χ1v) is 8.13. The highest BCUT2D eigenvalue weighted by Crippen LogP contribution is 2.13. The third-order valence-corrected chi connectivity index (χ3v) is 3.86. The molecule has 0 aliphatic rings. The van der Waals surface area contributed by atoms with Gasteiger partial charge in [0.2, 0.25) is 5.91 Å². The summed E-state index contributed by atoms with van der Waals surface area (Å²) in [6.45, 7) is 4.25. The number of rotatable bonds is 6. The second-order valence-electron chi connectivity index (χ2n) is 5.24. The Balaban J connectivity index is 1.90. The van der Waals surface area contributed by atoms with Crippen LogP contribution in [0.1, 0.15) is 25.8 Å². The number of aromatic nitrogens is 1. The second kappa shape index (κ2) is 7.94. The van der Waals surface area contributed by atoms with Crippen LogP contribution in [0.2, 0.25) is 0 Å². The number of halogens is 1. The van der Waals surface area contributed by atoms with Crippen LogP contribution in [0.4, 0.5) is 11.5 Å². The molecule has 1 atom stereocenters. The molecule has 1 aromatic heterocycles. The summed E-state index contributed by atoms with van der Waals surface area (Å²) in [6, 6.07) is 11.8. The lowest BCUT2D eigenvalue weighted by atomic mass is 10.1. The highest BCUT2D eigenvalue weighted by atomic mass is 79.9. The number of benzene rings is 1. The van der Waals surface area contributed by atoms with E-state index in [1.165, 1.54) is 0 Å². The van der Waals surface area contributed by atoms with Gasteiger partial charge in [-0.2, -0.15) is 0 Å². The number of anilines is 2. The smallest absolute Gasteiger partial charge is 0.229 e. The van der Waals surface area contributed by atoms with Gasteiger partial charge >= 0.3 is 0 Å². The van der Waals surface area contributed by atoms with E-state index in [1.807, 2.05) is 36.4 Å². The van der Waals surface area contributed by atoms with E-state index >= 15 is 0 Å². The van der Waals surface area contributed by atoms with E-state index in [0.29, 0.717) is 18.3 Å².